The second kappa shape index (κ2) is 11.4. The summed E-state index contributed by atoms with van der Waals surface area (Å²) in [5.74, 6) is -0.256. The quantitative estimate of drug-likeness (QED) is 0.514. The van der Waals surface area contributed by atoms with Gasteiger partial charge in [0.05, 0.1) is 18.5 Å². The lowest BCUT2D eigenvalue weighted by molar-refractivity contribution is -0.121. The van der Waals surface area contributed by atoms with Crippen molar-refractivity contribution in [2.45, 2.75) is 31.3 Å². The van der Waals surface area contributed by atoms with Crippen molar-refractivity contribution in [3.63, 3.8) is 0 Å². The van der Waals surface area contributed by atoms with Crippen LogP contribution in [0.15, 0.2) is 91.0 Å². The lowest BCUT2D eigenvalue weighted by Crippen LogP contribution is -2.39. The molecule has 0 spiro atoms. The molecule has 4 rings (SSSR count). The van der Waals surface area contributed by atoms with Crippen LogP contribution in [0.1, 0.15) is 52.8 Å². The van der Waals surface area contributed by atoms with Crippen LogP contribution in [0, 0.1) is 0 Å². The van der Waals surface area contributed by atoms with Crippen LogP contribution < -0.4 is 10.6 Å². The van der Waals surface area contributed by atoms with Gasteiger partial charge >= 0.3 is 0 Å². The molecule has 33 heavy (non-hydrogen) atoms. The summed E-state index contributed by atoms with van der Waals surface area (Å²) in [6.07, 6.45) is 2.57. The van der Waals surface area contributed by atoms with Crippen molar-refractivity contribution in [2.75, 3.05) is 19.6 Å². The highest BCUT2D eigenvalue weighted by molar-refractivity contribution is 5.94. The van der Waals surface area contributed by atoms with Crippen LogP contribution in [0.3, 0.4) is 0 Å². The molecule has 3 aromatic rings. The zero-order valence-corrected chi connectivity index (χ0v) is 18.8. The Balaban J connectivity index is 1.43. The van der Waals surface area contributed by atoms with Crippen LogP contribution >= 0.6 is 0 Å². The molecule has 5 nitrogen and oxygen atoms in total. The van der Waals surface area contributed by atoms with Gasteiger partial charge in [0.15, 0.2) is 0 Å². The average molecular weight is 442 g/mol. The highest BCUT2D eigenvalue weighted by Gasteiger charge is 2.25. The average Bonchev–Trinajstić information content (AvgIpc) is 3.40. The van der Waals surface area contributed by atoms with E-state index in [4.69, 9.17) is 0 Å². The first-order valence-electron chi connectivity index (χ1n) is 11.7. The summed E-state index contributed by atoms with van der Waals surface area (Å²) in [6.45, 7) is 2.65. The summed E-state index contributed by atoms with van der Waals surface area (Å²) in [6, 6.07) is 28.9. The van der Waals surface area contributed by atoms with Gasteiger partial charge in [-0.2, -0.15) is 0 Å². The Hall–Kier alpha value is -3.44. The molecular weight excluding hydrogens is 410 g/mol. The number of carbonyl (C=O) groups is 2. The molecule has 170 valence electrons. The molecule has 0 saturated carbocycles. The Morgan fingerprint density at radius 2 is 1.30 bits per heavy atom. The summed E-state index contributed by atoms with van der Waals surface area (Å²) in [4.78, 5) is 28.2. The van der Waals surface area contributed by atoms with Crippen molar-refractivity contribution >= 4 is 11.8 Å². The number of nitrogens with zero attached hydrogens (tertiary/aromatic N) is 1. The SMILES string of the molecule is O=C(CC(NC(=O)c1ccccc1)c1ccccc1)NCC(c1ccccc1)N1CCCC1. The third kappa shape index (κ3) is 6.30. The van der Waals surface area contributed by atoms with Crippen molar-refractivity contribution in [1.29, 1.82) is 0 Å². The van der Waals surface area contributed by atoms with Crippen molar-refractivity contribution in [2.24, 2.45) is 0 Å². The van der Waals surface area contributed by atoms with Crippen LogP contribution in [0.25, 0.3) is 0 Å². The minimum atomic E-state index is -0.402. The predicted molar refractivity (Wildman–Crippen MR) is 131 cm³/mol. The van der Waals surface area contributed by atoms with E-state index in [2.05, 4.69) is 27.7 Å². The van der Waals surface area contributed by atoms with E-state index in [-0.39, 0.29) is 24.3 Å². The number of hydrogen-bond acceptors (Lipinski definition) is 3. The number of benzene rings is 3. The molecule has 0 radical (unpaired) electrons. The first-order chi connectivity index (χ1) is 16.2. The van der Waals surface area contributed by atoms with Gasteiger partial charge in [0, 0.05) is 12.1 Å². The largest absolute Gasteiger partial charge is 0.354 e. The maximum atomic E-state index is 13.0. The van der Waals surface area contributed by atoms with Gasteiger partial charge in [-0.3, -0.25) is 14.5 Å². The summed E-state index contributed by atoms with van der Waals surface area (Å²) in [5, 5.41) is 6.18. The Labute approximate surface area is 195 Å². The highest BCUT2D eigenvalue weighted by Crippen LogP contribution is 2.25. The van der Waals surface area contributed by atoms with E-state index in [1.807, 2.05) is 66.7 Å². The second-order valence-electron chi connectivity index (χ2n) is 8.48. The van der Waals surface area contributed by atoms with Gasteiger partial charge in [-0.1, -0.05) is 78.9 Å². The minimum Gasteiger partial charge on any atom is -0.354 e. The van der Waals surface area contributed by atoms with Crippen LogP contribution in [-0.4, -0.2) is 36.3 Å². The molecule has 0 bridgehead atoms. The van der Waals surface area contributed by atoms with E-state index < -0.39 is 6.04 Å². The maximum absolute atomic E-state index is 13.0. The van der Waals surface area contributed by atoms with E-state index in [0.717, 1.165) is 18.7 Å². The van der Waals surface area contributed by atoms with E-state index in [0.29, 0.717) is 12.1 Å². The lowest BCUT2D eigenvalue weighted by Gasteiger charge is -2.28. The summed E-state index contributed by atoms with van der Waals surface area (Å²) < 4.78 is 0. The fourth-order valence-electron chi connectivity index (χ4n) is 4.42. The van der Waals surface area contributed by atoms with Crippen LogP contribution in [0.2, 0.25) is 0 Å². The molecule has 1 saturated heterocycles. The van der Waals surface area contributed by atoms with Gasteiger partial charge in [0.2, 0.25) is 5.91 Å². The van der Waals surface area contributed by atoms with Crippen molar-refractivity contribution in [3.05, 3.63) is 108 Å². The Kier molecular flexibility index (Phi) is 7.88. The molecule has 5 heteroatoms. The zero-order chi connectivity index (χ0) is 22.9. The number of amides is 2. The van der Waals surface area contributed by atoms with Crippen LogP contribution in [-0.2, 0) is 4.79 Å². The lowest BCUT2D eigenvalue weighted by atomic mass is 10.0. The molecule has 2 N–H and O–H groups in total. The summed E-state index contributed by atoms with van der Waals surface area (Å²) >= 11 is 0. The standard InChI is InChI=1S/C28H31N3O2/c32-27(29-21-26(31-18-10-11-19-31)23-14-6-2-7-15-23)20-25(22-12-4-1-5-13-22)30-28(33)24-16-8-3-9-17-24/h1-9,12-17,25-26H,10-11,18-21H2,(H,29,32)(H,30,33). The van der Waals surface area contributed by atoms with Gasteiger partial charge in [-0.15, -0.1) is 0 Å². The molecule has 1 fully saturated rings. The van der Waals surface area contributed by atoms with Gasteiger partial charge < -0.3 is 10.6 Å². The number of carbonyl (C=O) groups excluding carboxylic acids is 2. The number of hydrogen-bond donors (Lipinski definition) is 2. The monoisotopic (exact) mass is 441 g/mol. The molecule has 2 amide bonds. The second-order valence-corrected chi connectivity index (χ2v) is 8.48. The normalized spacial score (nSPS) is 15.5. The topological polar surface area (TPSA) is 61.4 Å². The smallest absolute Gasteiger partial charge is 0.251 e. The minimum absolute atomic E-state index is 0.0719. The molecule has 2 unspecified atom stereocenters. The van der Waals surface area contributed by atoms with Crippen LogP contribution in [0.5, 0.6) is 0 Å². The van der Waals surface area contributed by atoms with E-state index in [9.17, 15) is 9.59 Å². The first kappa shape index (κ1) is 22.7. The van der Waals surface area contributed by atoms with Gasteiger partial charge in [0.1, 0.15) is 0 Å². The number of rotatable bonds is 9. The van der Waals surface area contributed by atoms with E-state index in [1.165, 1.54) is 18.4 Å². The third-order valence-corrected chi connectivity index (χ3v) is 6.19. The third-order valence-electron chi connectivity index (χ3n) is 6.19. The Morgan fingerprint density at radius 1 is 0.758 bits per heavy atom. The van der Waals surface area contributed by atoms with Gasteiger partial charge in [-0.05, 0) is 49.2 Å². The van der Waals surface area contributed by atoms with Crippen molar-refractivity contribution in [3.8, 4) is 0 Å². The molecule has 0 aliphatic carbocycles. The summed E-state index contributed by atoms with van der Waals surface area (Å²) in [5.41, 5.74) is 2.71. The van der Waals surface area contributed by atoms with Crippen molar-refractivity contribution < 1.29 is 9.59 Å². The molecule has 2 atom stereocenters. The van der Waals surface area contributed by atoms with E-state index in [1.54, 1.807) is 12.1 Å². The molecular formula is C28H31N3O2. The van der Waals surface area contributed by atoms with E-state index >= 15 is 0 Å². The van der Waals surface area contributed by atoms with Gasteiger partial charge in [0.25, 0.3) is 5.91 Å². The molecule has 0 aromatic heterocycles. The maximum Gasteiger partial charge on any atom is 0.251 e. The highest BCUT2D eigenvalue weighted by atomic mass is 16.2. The molecule has 1 aliphatic rings. The predicted octanol–water partition coefficient (Wildman–Crippen LogP) is 4.50. The summed E-state index contributed by atoms with van der Waals surface area (Å²) in [7, 11) is 0. The molecule has 3 aromatic carbocycles. The first-order valence-corrected chi connectivity index (χ1v) is 11.7. The number of nitrogens with one attached hydrogen (secondary N) is 2. The fourth-order valence-corrected chi connectivity index (χ4v) is 4.42. The van der Waals surface area contributed by atoms with Gasteiger partial charge in [-0.25, -0.2) is 0 Å². The Morgan fingerprint density at radius 3 is 1.91 bits per heavy atom. The Bertz CT molecular complexity index is 1020. The molecule has 1 aliphatic heterocycles. The zero-order valence-electron chi connectivity index (χ0n) is 18.8. The fraction of sp³-hybridized carbons (Fsp3) is 0.286. The van der Waals surface area contributed by atoms with Crippen molar-refractivity contribution in [1.82, 2.24) is 15.5 Å². The van der Waals surface area contributed by atoms with Crippen LogP contribution in [0.4, 0.5) is 0 Å². The number of likely N-dealkylation sites (tertiary alicyclic amines) is 1. The molecule has 1 heterocycles.